The highest BCUT2D eigenvalue weighted by Crippen LogP contribution is 2.32. The number of carbonyl (C=O) groups excluding carboxylic acids is 2. The van der Waals surface area contributed by atoms with Crippen LogP contribution in [0.15, 0.2) is 5.57 Å². The summed E-state index contributed by atoms with van der Waals surface area (Å²) in [5.41, 5.74) is 0.0353. The number of carbonyl (C=O) groups is 3. The molecule has 2 rings (SSSR count). The Bertz CT molecular complexity index is 823. The molecule has 0 aromatic carbocycles. The van der Waals surface area contributed by atoms with Crippen LogP contribution in [0, 0.1) is 21.2 Å². The van der Waals surface area contributed by atoms with E-state index in [1.165, 1.54) is 17.6 Å². The van der Waals surface area contributed by atoms with Crippen molar-refractivity contribution in [2.45, 2.75) is 33.2 Å². The van der Waals surface area contributed by atoms with Crippen LogP contribution in [-0.4, -0.2) is 38.0 Å². The van der Waals surface area contributed by atoms with E-state index in [9.17, 15) is 19.5 Å². The first-order valence-corrected chi connectivity index (χ1v) is 8.90. The highest BCUT2D eigenvalue weighted by molar-refractivity contribution is 7.73. The summed E-state index contributed by atoms with van der Waals surface area (Å²) in [5.74, 6) is -3.31. The number of Topliss-reactive ketones (excluding diaryl/α,β-unsaturated/α-hetero) is 2. The van der Waals surface area contributed by atoms with Crippen molar-refractivity contribution in [2.24, 2.45) is 11.8 Å². The molecule has 0 saturated heterocycles. The number of aromatic nitrogens is 1. The van der Waals surface area contributed by atoms with Crippen molar-refractivity contribution < 1.29 is 24.6 Å². The lowest BCUT2D eigenvalue weighted by Crippen LogP contribution is -2.40. The molecule has 2 unspecified atom stereocenters. The monoisotopic (exact) mass is 382 g/mol. The summed E-state index contributed by atoms with van der Waals surface area (Å²) in [4.78, 5) is 35.2. The topological polar surface area (TPSA) is 120 Å². The third-order valence-corrected chi connectivity index (χ3v) is 5.56. The second-order valence-electron chi connectivity index (χ2n) is 5.89. The van der Waals surface area contributed by atoms with Crippen molar-refractivity contribution in [3.8, 4) is 5.88 Å². The van der Waals surface area contributed by atoms with Crippen molar-refractivity contribution in [1.29, 1.82) is 5.41 Å². The van der Waals surface area contributed by atoms with Crippen LogP contribution >= 0.6 is 23.6 Å². The van der Waals surface area contributed by atoms with Crippen LogP contribution in [0.4, 0.5) is 0 Å². The molecule has 1 fully saturated rings. The molecule has 1 saturated carbocycles. The first-order chi connectivity index (χ1) is 11.6. The normalized spacial score (nSPS) is 22.6. The number of ketones is 2. The Morgan fingerprint density at radius 1 is 1.36 bits per heavy atom. The van der Waals surface area contributed by atoms with Crippen molar-refractivity contribution in [1.82, 2.24) is 4.57 Å². The molecular weight excluding hydrogens is 364 g/mol. The number of rotatable bonds is 5. The first kappa shape index (κ1) is 19.2. The number of allylic oxidation sites excluding steroid dienone is 1. The van der Waals surface area contributed by atoms with E-state index < -0.39 is 23.6 Å². The number of aliphatic carboxylic acids is 1. The van der Waals surface area contributed by atoms with Gasteiger partial charge in [-0.05, 0) is 38.6 Å². The lowest BCUT2D eigenvalue weighted by molar-refractivity contribution is -0.137. The van der Waals surface area contributed by atoms with Crippen LogP contribution in [0.5, 0.6) is 5.88 Å². The van der Waals surface area contributed by atoms with E-state index in [1.54, 1.807) is 6.92 Å². The zero-order valence-electron chi connectivity index (χ0n) is 13.7. The van der Waals surface area contributed by atoms with E-state index in [-0.39, 0.29) is 35.9 Å². The van der Waals surface area contributed by atoms with Gasteiger partial charge in [-0.25, -0.2) is 0 Å². The summed E-state index contributed by atoms with van der Waals surface area (Å²) in [6, 6.07) is 0. The summed E-state index contributed by atoms with van der Waals surface area (Å²) in [6.45, 7) is 3.34. The van der Waals surface area contributed by atoms with Gasteiger partial charge in [0.05, 0.1) is 22.4 Å². The van der Waals surface area contributed by atoms with Crippen LogP contribution in [0.3, 0.4) is 0 Å². The van der Waals surface area contributed by atoms with Gasteiger partial charge in [0.2, 0.25) is 5.88 Å². The number of carboxylic acid groups (broad SMARTS) is 1. The Morgan fingerprint density at radius 2 is 2.00 bits per heavy atom. The minimum atomic E-state index is -0.933. The number of hydrogen-bond acceptors (Lipinski definition) is 7. The fraction of sp³-hybridized carbons (Fsp3) is 0.438. The Hall–Kier alpha value is -2.13. The van der Waals surface area contributed by atoms with Crippen LogP contribution < -0.4 is 0 Å². The van der Waals surface area contributed by atoms with Crippen LogP contribution in [0.1, 0.15) is 31.6 Å². The minimum absolute atomic E-state index is 0.0479. The number of hydrogen-bond donors (Lipinski definition) is 3. The third-order valence-electron chi connectivity index (χ3n) is 4.18. The second kappa shape index (κ2) is 7.40. The maximum atomic E-state index is 12.3. The van der Waals surface area contributed by atoms with Gasteiger partial charge in [0.25, 0.3) is 0 Å². The lowest BCUT2D eigenvalue weighted by Gasteiger charge is -2.24. The fourth-order valence-corrected chi connectivity index (χ4v) is 3.92. The first-order valence-electron chi connectivity index (χ1n) is 7.68. The van der Waals surface area contributed by atoms with Crippen molar-refractivity contribution in [2.75, 3.05) is 0 Å². The highest BCUT2D eigenvalue weighted by Gasteiger charge is 2.39. The van der Waals surface area contributed by atoms with E-state index in [2.05, 4.69) is 0 Å². The Kier molecular flexibility index (Phi) is 5.69. The van der Waals surface area contributed by atoms with E-state index >= 15 is 0 Å². The molecule has 3 N–H and O–H groups in total. The molecule has 1 aliphatic carbocycles. The van der Waals surface area contributed by atoms with E-state index in [1.807, 2.05) is 0 Å². The third kappa shape index (κ3) is 3.77. The quantitative estimate of drug-likeness (QED) is 0.409. The standard InChI is InChI=1S/C16H18N2O5S2/c1-7-12(17)9(14(22)8(2)13(7)21)6-10-15(23)18(16(24)25-10)5-3-4-11(19)20/h6-8,17,23H,3-5H2,1-2H3,(H,19,20). The minimum Gasteiger partial charge on any atom is -0.493 e. The molecular formula is C16H18N2O5S2. The molecule has 9 heteroatoms. The molecule has 25 heavy (non-hydrogen) atoms. The second-order valence-corrected chi connectivity index (χ2v) is 7.56. The maximum absolute atomic E-state index is 12.3. The van der Waals surface area contributed by atoms with Crippen molar-refractivity contribution in [3.05, 3.63) is 14.4 Å². The molecule has 0 radical (unpaired) electrons. The van der Waals surface area contributed by atoms with Gasteiger partial charge >= 0.3 is 5.97 Å². The number of aromatic hydroxyl groups is 1. The Morgan fingerprint density at radius 3 is 2.60 bits per heavy atom. The van der Waals surface area contributed by atoms with Gasteiger partial charge in [0.15, 0.2) is 15.5 Å². The Balaban J connectivity index is 2.36. The van der Waals surface area contributed by atoms with Crippen LogP contribution in [0.25, 0.3) is 6.08 Å². The molecule has 0 amide bonds. The van der Waals surface area contributed by atoms with E-state index in [0.717, 1.165) is 11.3 Å². The van der Waals surface area contributed by atoms with Gasteiger partial charge < -0.3 is 15.6 Å². The summed E-state index contributed by atoms with van der Waals surface area (Å²) in [7, 11) is 0. The zero-order valence-corrected chi connectivity index (χ0v) is 15.4. The van der Waals surface area contributed by atoms with E-state index in [0.29, 0.717) is 15.3 Å². The number of thiazole rings is 1. The summed E-state index contributed by atoms with van der Waals surface area (Å²) < 4.78 is 1.76. The SMILES string of the molecule is CC1C(=N)C(=Cc2sc(=S)n(CCCC(=O)O)c2O)C(=O)C(C)C1=O. The van der Waals surface area contributed by atoms with Gasteiger partial charge in [-0.3, -0.25) is 19.0 Å². The molecule has 0 bridgehead atoms. The smallest absolute Gasteiger partial charge is 0.303 e. The largest absolute Gasteiger partial charge is 0.493 e. The zero-order chi connectivity index (χ0) is 18.9. The fourth-order valence-electron chi connectivity index (χ4n) is 2.62. The molecule has 1 heterocycles. The number of nitrogens with one attached hydrogen (secondary N) is 1. The predicted octanol–water partition coefficient (Wildman–Crippen LogP) is 2.68. The van der Waals surface area contributed by atoms with Crippen LogP contribution in [0.2, 0.25) is 0 Å². The van der Waals surface area contributed by atoms with Crippen LogP contribution in [-0.2, 0) is 20.9 Å². The number of carboxylic acids is 1. The van der Waals surface area contributed by atoms with Gasteiger partial charge in [0, 0.05) is 18.5 Å². The van der Waals surface area contributed by atoms with E-state index in [4.69, 9.17) is 22.7 Å². The molecule has 1 aliphatic rings. The average Bonchev–Trinajstić information content (AvgIpc) is 2.82. The molecule has 134 valence electrons. The molecule has 1 aromatic rings. The Labute approximate surface area is 153 Å². The van der Waals surface area contributed by atoms with Gasteiger partial charge in [-0.1, -0.05) is 0 Å². The average molecular weight is 382 g/mol. The number of nitrogens with zero attached hydrogens (tertiary/aromatic N) is 1. The molecule has 2 atom stereocenters. The molecule has 0 spiro atoms. The van der Waals surface area contributed by atoms with Crippen molar-refractivity contribution in [3.63, 3.8) is 0 Å². The maximum Gasteiger partial charge on any atom is 0.303 e. The van der Waals surface area contributed by atoms with Gasteiger partial charge in [0.1, 0.15) is 0 Å². The van der Waals surface area contributed by atoms with Crippen molar-refractivity contribution >= 4 is 52.9 Å². The molecule has 0 aliphatic heterocycles. The summed E-state index contributed by atoms with van der Waals surface area (Å²) in [6.07, 6.45) is 1.66. The molecule has 7 nitrogen and oxygen atoms in total. The summed E-state index contributed by atoms with van der Waals surface area (Å²) in [5, 5.41) is 27.1. The summed E-state index contributed by atoms with van der Waals surface area (Å²) >= 11 is 6.25. The van der Waals surface area contributed by atoms with Gasteiger partial charge in [-0.15, -0.1) is 11.3 Å². The predicted molar refractivity (Wildman–Crippen MR) is 95.7 cm³/mol. The lowest BCUT2D eigenvalue weighted by atomic mass is 9.76. The van der Waals surface area contributed by atoms with Gasteiger partial charge in [-0.2, -0.15) is 0 Å². The highest BCUT2D eigenvalue weighted by atomic mass is 32.1. The molecule has 1 aromatic heterocycles.